The van der Waals surface area contributed by atoms with Crippen LogP contribution in [0.3, 0.4) is 0 Å². The van der Waals surface area contributed by atoms with Crippen LogP contribution in [0, 0.1) is 0 Å². The van der Waals surface area contributed by atoms with E-state index in [4.69, 9.17) is 0 Å². The van der Waals surface area contributed by atoms with Gasteiger partial charge in [0.15, 0.2) is 0 Å². The third-order valence-corrected chi connectivity index (χ3v) is 9.86. The molecule has 6 nitrogen and oxygen atoms in total. The van der Waals surface area contributed by atoms with E-state index in [2.05, 4.69) is 89.0 Å². The van der Waals surface area contributed by atoms with Gasteiger partial charge in [-0.2, -0.15) is 0 Å². The maximum Gasteiger partial charge on any atom is 0.0915 e. The molecule has 2 atom stereocenters. The molecular formula is C22H46Br2N6. The molecule has 0 aromatic heterocycles. The van der Waals surface area contributed by atoms with Crippen molar-refractivity contribution in [2.24, 2.45) is 0 Å². The molecule has 0 aromatic rings. The van der Waals surface area contributed by atoms with Crippen molar-refractivity contribution in [1.82, 2.24) is 29.4 Å². The molecule has 0 aromatic carbocycles. The zero-order valence-electron chi connectivity index (χ0n) is 19.9. The summed E-state index contributed by atoms with van der Waals surface area (Å²) in [5, 5.41) is 0. The van der Waals surface area contributed by atoms with Crippen LogP contribution in [0.25, 0.3) is 0 Å². The first-order valence-electron chi connectivity index (χ1n) is 12.2. The zero-order chi connectivity index (χ0) is 21.9. The van der Waals surface area contributed by atoms with Crippen molar-refractivity contribution < 1.29 is 0 Å². The van der Waals surface area contributed by atoms with Gasteiger partial charge >= 0.3 is 0 Å². The van der Waals surface area contributed by atoms with Crippen LogP contribution in [0.1, 0.15) is 27.7 Å². The lowest BCUT2D eigenvalue weighted by Crippen LogP contribution is -2.51. The van der Waals surface area contributed by atoms with Crippen molar-refractivity contribution in [1.29, 1.82) is 0 Å². The van der Waals surface area contributed by atoms with E-state index in [1.807, 2.05) is 0 Å². The third kappa shape index (κ3) is 8.58. The summed E-state index contributed by atoms with van der Waals surface area (Å²) in [6.45, 7) is 27.6. The Morgan fingerprint density at radius 2 is 0.633 bits per heavy atom. The maximum absolute atomic E-state index is 4.11. The van der Waals surface area contributed by atoms with E-state index >= 15 is 0 Å². The van der Waals surface area contributed by atoms with E-state index in [0.717, 1.165) is 78.5 Å². The Kier molecular flexibility index (Phi) is 13.3. The predicted molar refractivity (Wildman–Crippen MR) is 137 cm³/mol. The van der Waals surface area contributed by atoms with Crippen molar-refractivity contribution in [3.8, 4) is 0 Å². The molecule has 30 heavy (non-hydrogen) atoms. The van der Waals surface area contributed by atoms with Gasteiger partial charge in [0.05, 0.1) is 9.90 Å². The molecule has 0 spiro atoms. The molecule has 2 aliphatic heterocycles. The van der Waals surface area contributed by atoms with Gasteiger partial charge in [-0.25, -0.2) is 0 Å². The highest BCUT2D eigenvalue weighted by Crippen LogP contribution is 2.23. The van der Waals surface area contributed by atoms with E-state index in [0.29, 0.717) is 9.90 Å². The van der Waals surface area contributed by atoms with Gasteiger partial charge < -0.3 is 19.6 Å². The molecule has 2 aliphatic rings. The Balaban J connectivity index is 2.04. The predicted octanol–water partition coefficient (Wildman–Crippen LogP) is 2.35. The van der Waals surface area contributed by atoms with Crippen molar-refractivity contribution in [2.45, 2.75) is 37.6 Å². The molecule has 0 N–H and O–H groups in total. The first-order chi connectivity index (χ1) is 14.5. The summed E-state index contributed by atoms with van der Waals surface area (Å²) in [5.74, 6) is 0. The minimum Gasteiger partial charge on any atom is -0.301 e. The van der Waals surface area contributed by atoms with Gasteiger partial charge in [-0.3, -0.25) is 9.80 Å². The minimum atomic E-state index is 0.318. The molecule has 2 fully saturated rings. The van der Waals surface area contributed by atoms with E-state index in [-0.39, 0.29) is 0 Å². The number of likely N-dealkylation sites (N-methyl/N-ethyl adjacent to an activating group) is 4. The molecular weight excluding hydrogens is 508 g/mol. The van der Waals surface area contributed by atoms with Gasteiger partial charge in [-0.15, -0.1) is 0 Å². The molecule has 0 amide bonds. The van der Waals surface area contributed by atoms with Gasteiger partial charge in [0.25, 0.3) is 0 Å². The Morgan fingerprint density at radius 1 is 0.433 bits per heavy atom. The Morgan fingerprint density at radius 3 is 0.833 bits per heavy atom. The Bertz CT molecular complexity index is 385. The fourth-order valence-electron chi connectivity index (χ4n) is 4.42. The van der Waals surface area contributed by atoms with Gasteiger partial charge in [0.2, 0.25) is 0 Å². The van der Waals surface area contributed by atoms with Crippen molar-refractivity contribution in [3.63, 3.8) is 0 Å². The summed E-state index contributed by atoms with van der Waals surface area (Å²) in [7, 11) is 0. The van der Waals surface area contributed by atoms with Crippen LogP contribution in [-0.2, 0) is 0 Å². The molecule has 178 valence electrons. The van der Waals surface area contributed by atoms with Crippen LogP contribution >= 0.6 is 31.9 Å². The van der Waals surface area contributed by atoms with Crippen LogP contribution in [-0.4, -0.2) is 144 Å². The van der Waals surface area contributed by atoms with Crippen molar-refractivity contribution in [2.75, 3.05) is 105 Å². The number of hydrogen-bond acceptors (Lipinski definition) is 6. The maximum atomic E-state index is 4.11. The largest absolute Gasteiger partial charge is 0.301 e. The van der Waals surface area contributed by atoms with Crippen molar-refractivity contribution in [3.05, 3.63) is 0 Å². The van der Waals surface area contributed by atoms with Crippen LogP contribution in [0.2, 0.25) is 0 Å². The molecule has 2 rings (SSSR count). The highest BCUT2D eigenvalue weighted by molar-refractivity contribution is 9.12. The average molecular weight is 554 g/mol. The first-order valence-corrected chi connectivity index (χ1v) is 14.0. The summed E-state index contributed by atoms with van der Waals surface area (Å²) in [6.07, 6.45) is 0. The SMILES string of the molecule is CCN1CCN(CC)CCN(C(Br)C(Br)N2CCN(CC)CCN(CC)CC2)CC1. The smallest absolute Gasteiger partial charge is 0.0915 e. The van der Waals surface area contributed by atoms with Gasteiger partial charge in [-0.1, -0.05) is 59.6 Å². The summed E-state index contributed by atoms with van der Waals surface area (Å²) < 4.78 is 0. The highest BCUT2D eigenvalue weighted by Gasteiger charge is 2.30. The molecule has 0 radical (unpaired) electrons. The van der Waals surface area contributed by atoms with Gasteiger partial charge in [0, 0.05) is 78.5 Å². The summed E-state index contributed by atoms with van der Waals surface area (Å²) in [4.78, 5) is 16.3. The quantitative estimate of drug-likeness (QED) is 0.353. The van der Waals surface area contributed by atoms with Crippen LogP contribution in [0.5, 0.6) is 0 Å². The van der Waals surface area contributed by atoms with Crippen molar-refractivity contribution >= 4 is 31.9 Å². The lowest BCUT2D eigenvalue weighted by atomic mass is 10.3. The molecule has 8 heteroatoms. The zero-order valence-corrected chi connectivity index (χ0v) is 23.1. The molecule has 0 aliphatic carbocycles. The third-order valence-electron chi connectivity index (χ3n) is 6.99. The average Bonchev–Trinajstić information content (AvgIpc) is 2.95. The van der Waals surface area contributed by atoms with Crippen LogP contribution < -0.4 is 0 Å². The lowest BCUT2D eigenvalue weighted by molar-refractivity contribution is 0.146. The monoisotopic (exact) mass is 552 g/mol. The Hall–Kier alpha value is 0.720. The topological polar surface area (TPSA) is 19.4 Å². The fraction of sp³-hybridized carbons (Fsp3) is 1.00. The number of hydrogen-bond donors (Lipinski definition) is 0. The highest BCUT2D eigenvalue weighted by atomic mass is 79.9. The Labute approximate surface area is 203 Å². The molecule has 2 unspecified atom stereocenters. The van der Waals surface area contributed by atoms with Crippen LogP contribution in [0.4, 0.5) is 0 Å². The summed E-state index contributed by atoms with van der Waals surface area (Å²) >= 11 is 8.22. The number of rotatable bonds is 7. The fourth-order valence-corrected chi connectivity index (χ4v) is 5.91. The second-order valence-electron chi connectivity index (χ2n) is 8.55. The lowest BCUT2D eigenvalue weighted by Gasteiger charge is -2.38. The number of halogens is 2. The molecule has 0 saturated carbocycles. The summed E-state index contributed by atoms with van der Waals surface area (Å²) in [6, 6.07) is 0. The number of nitrogens with zero attached hydrogens (tertiary/aromatic N) is 6. The summed E-state index contributed by atoms with van der Waals surface area (Å²) in [5.41, 5.74) is 0. The van der Waals surface area contributed by atoms with E-state index in [1.165, 1.54) is 26.2 Å². The van der Waals surface area contributed by atoms with Crippen LogP contribution in [0.15, 0.2) is 0 Å². The second-order valence-corrected chi connectivity index (χ2v) is 10.4. The molecule has 2 saturated heterocycles. The second kappa shape index (κ2) is 14.8. The van der Waals surface area contributed by atoms with Gasteiger partial charge in [-0.05, 0) is 26.2 Å². The normalized spacial score (nSPS) is 26.2. The standard InChI is InChI=1S/C22H46Br2N6/c1-5-25-9-10-26(6-2)14-18-29(17-13-25)21(23)22(24)30-19-15-27(7-3)11-12-28(8-4)16-20-30/h21-22H,5-20H2,1-4H3. The number of alkyl halides is 2. The minimum absolute atomic E-state index is 0.318. The molecule has 0 bridgehead atoms. The van der Waals surface area contributed by atoms with Gasteiger partial charge in [0.1, 0.15) is 0 Å². The van der Waals surface area contributed by atoms with E-state index in [9.17, 15) is 0 Å². The first kappa shape index (κ1) is 27.0. The van der Waals surface area contributed by atoms with E-state index < -0.39 is 0 Å². The molecule has 2 heterocycles. The van der Waals surface area contributed by atoms with E-state index in [1.54, 1.807) is 0 Å².